The average Bonchev–Trinajstić information content (AvgIpc) is 2.94. The van der Waals surface area contributed by atoms with Crippen LogP contribution in [0.4, 0.5) is 0 Å². The van der Waals surface area contributed by atoms with Crippen LogP contribution in [0.25, 0.3) is 21.8 Å². The van der Waals surface area contributed by atoms with Gasteiger partial charge in [-0.1, -0.05) is 54.6 Å². The van der Waals surface area contributed by atoms with Gasteiger partial charge in [-0.15, -0.1) is 0 Å². The SMILES string of the molecule is C[C@@H](O)c1nc2ccccc2n1Cc1cccc2ccccc12. The van der Waals surface area contributed by atoms with Crippen LogP contribution in [0.1, 0.15) is 24.4 Å². The molecule has 0 unspecified atom stereocenters. The molecule has 0 spiro atoms. The Kier molecular flexibility index (Phi) is 3.36. The van der Waals surface area contributed by atoms with Gasteiger partial charge >= 0.3 is 0 Å². The minimum absolute atomic E-state index is 0.600. The maximum Gasteiger partial charge on any atom is 0.138 e. The highest BCUT2D eigenvalue weighted by Crippen LogP contribution is 2.25. The van der Waals surface area contributed by atoms with Gasteiger partial charge in [-0.25, -0.2) is 4.98 Å². The van der Waals surface area contributed by atoms with Gasteiger partial charge in [-0.3, -0.25) is 0 Å². The van der Waals surface area contributed by atoms with Crippen LogP contribution in [0.15, 0.2) is 66.7 Å². The van der Waals surface area contributed by atoms with Gasteiger partial charge in [0.15, 0.2) is 0 Å². The lowest BCUT2D eigenvalue weighted by atomic mass is 10.0. The van der Waals surface area contributed by atoms with Crippen molar-refractivity contribution < 1.29 is 5.11 Å². The molecule has 3 nitrogen and oxygen atoms in total. The molecule has 114 valence electrons. The highest BCUT2D eigenvalue weighted by atomic mass is 16.3. The Labute approximate surface area is 134 Å². The molecule has 1 aromatic heterocycles. The first kappa shape index (κ1) is 14.0. The van der Waals surface area contributed by atoms with E-state index in [-0.39, 0.29) is 0 Å². The fourth-order valence-corrected chi connectivity index (χ4v) is 3.18. The van der Waals surface area contributed by atoms with E-state index in [1.165, 1.54) is 16.3 Å². The molecule has 1 N–H and O–H groups in total. The molecule has 0 fully saturated rings. The lowest BCUT2D eigenvalue weighted by molar-refractivity contribution is 0.185. The number of hydrogen-bond acceptors (Lipinski definition) is 2. The molecule has 0 bridgehead atoms. The summed E-state index contributed by atoms with van der Waals surface area (Å²) in [4.78, 5) is 4.60. The summed E-state index contributed by atoms with van der Waals surface area (Å²) in [7, 11) is 0. The molecule has 0 saturated heterocycles. The summed E-state index contributed by atoms with van der Waals surface area (Å²) < 4.78 is 2.11. The van der Waals surface area contributed by atoms with Crippen LogP contribution < -0.4 is 0 Å². The van der Waals surface area contributed by atoms with Crippen molar-refractivity contribution in [2.24, 2.45) is 0 Å². The Morgan fingerprint density at radius 3 is 2.57 bits per heavy atom. The monoisotopic (exact) mass is 302 g/mol. The molecule has 3 aromatic carbocycles. The van der Waals surface area contributed by atoms with Gasteiger partial charge in [-0.2, -0.15) is 0 Å². The van der Waals surface area contributed by atoms with E-state index in [0.717, 1.165) is 11.0 Å². The molecule has 0 aliphatic carbocycles. The molecule has 4 rings (SSSR count). The van der Waals surface area contributed by atoms with Crippen LogP contribution >= 0.6 is 0 Å². The number of aliphatic hydroxyl groups is 1. The van der Waals surface area contributed by atoms with E-state index < -0.39 is 6.10 Å². The first-order chi connectivity index (χ1) is 11.2. The molecular formula is C20H18N2O. The molecular weight excluding hydrogens is 284 g/mol. The van der Waals surface area contributed by atoms with E-state index in [2.05, 4.69) is 58.1 Å². The molecule has 23 heavy (non-hydrogen) atoms. The second-order valence-corrected chi connectivity index (χ2v) is 5.86. The topological polar surface area (TPSA) is 38.1 Å². The van der Waals surface area contributed by atoms with Crippen LogP contribution in [0.5, 0.6) is 0 Å². The molecule has 0 aliphatic heterocycles. The molecule has 1 heterocycles. The lowest BCUT2D eigenvalue weighted by Crippen LogP contribution is -2.08. The molecule has 4 aromatic rings. The van der Waals surface area contributed by atoms with Crippen molar-refractivity contribution in [3.8, 4) is 0 Å². The molecule has 0 radical (unpaired) electrons. The number of rotatable bonds is 3. The summed E-state index contributed by atoms with van der Waals surface area (Å²) in [5, 5.41) is 12.6. The number of benzene rings is 3. The number of aromatic nitrogens is 2. The minimum Gasteiger partial charge on any atom is -0.385 e. The summed E-state index contributed by atoms with van der Waals surface area (Å²) in [5.41, 5.74) is 3.20. The Hall–Kier alpha value is -2.65. The van der Waals surface area contributed by atoms with Crippen LogP contribution in [0, 0.1) is 0 Å². The standard InChI is InChI=1S/C20H18N2O/c1-14(23)20-21-18-11-4-5-12-19(18)22(20)13-16-9-6-8-15-7-2-3-10-17(15)16/h2-12,14,23H,13H2,1H3/t14-/m1/s1. The smallest absolute Gasteiger partial charge is 0.138 e. The maximum absolute atomic E-state index is 10.1. The number of aliphatic hydroxyl groups excluding tert-OH is 1. The van der Waals surface area contributed by atoms with Gasteiger partial charge < -0.3 is 9.67 Å². The zero-order valence-electron chi connectivity index (χ0n) is 13.0. The largest absolute Gasteiger partial charge is 0.385 e. The molecule has 0 saturated carbocycles. The summed E-state index contributed by atoms with van der Waals surface area (Å²) in [6, 6.07) is 22.8. The Balaban J connectivity index is 1.91. The summed E-state index contributed by atoms with van der Waals surface area (Å²) in [6.45, 7) is 2.46. The molecule has 1 atom stereocenters. The normalized spacial score (nSPS) is 12.8. The number of hydrogen-bond donors (Lipinski definition) is 1. The number of imidazole rings is 1. The second-order valence-electron chi connectivity index (χ2n) is 5.86. The summed E-state index contributed by atoms with van der Waals surface area (Å²) in [6.07, 6.45) is -0.600. The van der Waals surface area contributed by atoms with Crippen molar-refractivity contribution in [3.63, 3.8) is 0 Å². The number of fused-ring (bicyclic) bond motifs is 2. The van der Waals surface area contributed by atoms with Crippen LogP contribution in [0.3, 0.4) is 0 Å². The van der Waals surface area contributed by atoms with E-state index in [4.69, 9.17) is 0 Å². The third-order valence-corrected chi connectivity index (χ3v) is 4.27. The van der Waals surface area contributed by atoms with Crippen molar-refractivity contribution in [1.29, 1.82) is 0 Å². The van der Waals surface area contributed by atoms with Gasteiger partial charge in [-0.05, 0) is 35.4 Å². The van der Waals surface area contributed by atoms with Gasteiger partial charge in [0.05, 0.1) is 17.6 Å². The Morgan fingerprint density at radius 1 is 0.957 bits per heavy atom. The summed E-state index contributed by atoms with van der Waals surface area (Å²) in [5.74, 6) is 0.708. The lowest BCUT2D eigenvalue weighted by Gasteiger charge is -2.13. The predicted molar refractivity (Wildman–Crippen MR) is 93.4 cm³/mol. The Morgan fingerprint density at radius 2 is 1.70 bits per heavy atom. The van der Waals surface area contributed by atoms with Gasteiger partial charge in [0.2, 0.25) is 0 Å². The van der Waals surface area contributed by atoms with E-state index in [1.54, 1.807) is 6.92 Å². The van der Waals surface area contributed by atoms with Gasteiger partial charge in [0.1, 0.15) is 11.9 Å². The van der Waals surface area contributed by atoms with E-state index >= 15 is 0 Å². The van der Waals surface area contributed by atoms with Gasteiger partial charge in [0, 0.05) is 0 Å². The van der Waals surface area contributed by atoms with E-state index in [9.17, 15) is 5.11 Å². The minimum atomic E-state index is -0.600. The second kappa shape index (κ2) is 5.52. The van der Waals surface area contributed by atoms with Crippen LogP contribution in [0.2, 0.25) is 0 Å². The third kappa shape index (κ3) is 2.39. The maximum atomic E-state index is 10.1. The summed E-state index contributed by atoms with van der Waals surface area (Å²) >= 11 is 0. The van der Waals surface area contributed by atoms with Gasteiger partial charge in [0.25, 0.3) is 0 Å². The first-order valence-corrected chi connectivity index (χ1v) is 7.84. The quantitative estimate of drug-likeness (QED) is 0.613. The van der Waals surface area contributed by atoms with E-state index in [1.807, 2.05) is 18.2 Å². The van der Waals surface area contributed by atoms with Crippen molar-refractivity contribution in [3.05, 3.63) is 78.1 Å². The molecule has 3 heteroatoms. The number of para-hydroxylation sites is 2. The number of nitrogens with zero attached hydrogens (tertiary/aromatic N) is 2. The zero-order valence-corrected chi connectivity index (χ0v) is 13.0. The third-order valence-electron chi connectivity index (χ3n) is 4.27. The van der Waals surface area contributed by atoms with Crippen molar-refractivity contribution in [2.45, 2.75) is 19.6 Å². The van der Waals surface area contributed by atoms with Crippen LogP contribution in [-0.4, -0.2) is 14.7 Å². The average molecular weight is 302 g/mol. The first-order valence-electron chi connectivity index (χ1n) is 7.84. The fourth-order valence-electron chi connectivity index (χ4n) is 3.18. The molecule has 0 aliphatic rings. The highest BCUT2D eigenvalue weighted by Gasteiger charge is 2.15. The molecule has 0 amide bonds. The van der Waals surface area contributed by atoms with Crippen molar-refractivity contribution in [1.82, 2.24) is 9.55 Å². The van der Waals surface area contributed by atoms with Crippen molar-refractivity contribution >= 4 is 21.8 Å². The Bertz CT molecular complexity index is 980. The predicted octanol–water partition coefficient (Wildman–Crippen LogP) is 4.29. The zero-order chi connectivity index (χ0) is 15.8. The fraction of sp³-hybridized carbons (Fsp3) is 0.150. The van der Waals surface area contributed by atoms with Crippen molar-refractivity contribution in [2.75, 3.05) is 0 Å². The highest BCUT2D eigenvalue weighted by molar-refractivity contribution is 5.86. The van der Waals surface area contributed by atoms with E-state index in [0.29, 0.717) is 12.4 Å². The van der Waals surface area contributed by atoms with Crippen LogP contribution in [-0.2, 0) is 6.54 Å².